The van der Waals surface area contributed by atoms with Crippen LogP contribution in [0.2, 0.25) is 0 Å². The number of ether oxygens (including phenoxy) is 2. The molecule has 0 saturated carbocycles. The second-order valence-electron chi connectivity index (χ2n) is 7.61. The van der Waals surface area contributed by atoms with Gasteiger partial charge in [-0.2, -0.15) is 8.42 Å². The molecule has 0 bridgehead atoms. The molecule has 1 unspecified atom stereocenters. The van der Waals surface area contributed by atoms with Gasteiger partial charge >= 0.3 is 22.2 Å². The van der Waals surface area contributed by atoms with Crippen molar-refractivity contribution < 1.29 is 31.7 Å². The number of rotatable bonds is 11. The van der Waals surface area contributed by atoms with E-state index in [0.717, 1.165) is 11.1 Å². The third-order valence-corrected chi connectivity index (χ3v) is 6.16. The van der Waals surface area contributed by atoms with Crippen LogP contribution in [0.3, 0.4) is 0 Å². The number of hydrogen-bond donors (Lipinski definition) is 1. The van der Waals surface area contributed by atoms with Crippen molar-refractivity contribution in [3.8, 4) is 5.75 Å². The quantitative estimate of drug-likeness (QED) is 0.312. The number of esters is 1. The lowest BCUT2D eigenvalue weighted by atomic mass is 10.0. The third kappa shape index (κ3) is 8.46. The van der Waals surface area contributed by atoms with Crippen molar-refractivity contribution in [3.63, 3.8) is 0 Å². The van der Waals surface area contributed by atoms with Crippen LogP contribution in [0.15, 0.2) is 89.8 Å². The minimum atomic E-state index is -3.95. The topological polar surface area (TPSA) is 108 Å². The van der Waals surface area contributed by atoms with Crippen molar-refractivity contribution in [2.24, 2.45) is 0 Å². The summed E-state index contributed by atoms with van der Waals surface area (Å²) in [5.74, 6) is -0.301. The fourth-order valence-electron chi connectivity index (χ4n) is 3.25. The lowest BCUT2D eigenvalue weighted by molar-refractivity contribution is -0.143. The van der Waals surface area contributed by atoms with Gasteiger partial charge in [-0.1, -0.05) is 60.7 Å². The molecule has 0 aliphatic carbocycles. The molecule has 0 fully saturated rings. The van der Waals surface area contributed by atoms with Crippen molar-refractivity contribution in [3.05, 3.63) is 96.1 Å². The Hall–Kier alpha value is -3.85. The average molecular weight is 498 g/mol. The summed E-state index contributed by atoms with van der Waals surface area (Å²) in [6.45, 7) is 2.03. The first-order valence-electron chi connectivity index (χ1n) is 11.1. The Morgan fingerprint density at radius 3 is 2.09 bits per heavy atom. The summed E-state index contributed by atoms with van der Waals surface area (Å²) < 4.78 is 40.3. The minimum absolute atomic E-state index is 0.0467. The molecule has 1 amide bonds. The van der Waals surface area contributed by atoms with Crippen LogP contribution in [0.1, 0.15) is 24.5 Å². The van der Waals surface area contributed by atoms with Gasteiger partial charge in [0, 0.05) is 6.04 Å². The van der Waals surface area contributed by atoms with Gasteiger partial charge in [-0.05, 0) is 48.7 Å². The molecule has 0 radical (unpaired) electrons. The van der Waals surface area contributed by atoms with Gasteiger partial charge in [-0.15, -0.1) is 0 Å². The van der Waals surface area contributed by atoms with E-state index in [9.17, 15) is 18.0 Å². The Morgan fingerprint density at radius 2 is 1.46 bits per heavy atom. The molecule has 0 aromatic heterocycles. The molecule has 184 valence electrons. The van der Waals surface area contributed by atoms with Crippen molar-refractivity contribution in [2.45, 2.75) is 37.3 Å². The zero-order chi connectivity index (χ0) is 25.1. The predicted molar refractivity (Wildman–Crippen MR) is 129 cm³/mol. The molecule has 0 heterocycles. The van der Waals surface area contributed by atoms with Gasteiger partial charge < -0.3 is 19.0 Å². The maximum Gasteiger partial charge on any atom is 0.407 e. The number of benzene rings is 3. The summed E-state index contributed by atoms with van der Waals surface area (Å²) in [5.41, 5.74) is 1.60. The molecule has 1 atom stereocenters. The molecule has 8 nitrogen and oxygen atoms in total. The van der Waals surface area contributed by atoms with Crippen LogP contribution in [0.5, 0.6) is 5.75 Å². The minimum Gasteiger partial charge on any atom is -0.466 e. The highest BCUT2D eigenvalue weighted by Gasteiger charge is 2.20. The van der Waals surface area contributed by atoms with Crippen LogP contribution >= 0.6 is 0 Å². The number of carbonyl (C=O) groups is 2. The van der Waals surface area contributed by atoms with E-state index >= 15 is 0 Å². The molecular formula is C26H27NO7S. The van der Waals surface area contributed by atoms with E-state index in [1.807, 2.05) is 30.3 Å². The number of carbonyl (C=O) groups excluding carboxylic acids is 2. The highest BCUT2D eigenvalue weighted by atomic mass is 32.2. The SMILES string of the molecule is CCOC(=O)CC(Cc1ccc(OS(=O)(=O)c2ccccc2)cc1)NC(=O)OCc1ccccc1. The first-order chi connectivity index (χ1) is 16.9. The molecule has 3 aromatic carbocycles. The fraction of sp³-hybridized carbons (Fsp3) is 0.231. The summed E-state index contributed by atoms with van der Waals surface area (Å²) in [7, 11) is -3.95. The Kier molecular flexibility index (Phi) is 9.25. The van der Waals surface area contributed by atoms with Gasteiger partial charge in [0.25, 0.3) is 0 Å². The summed E-state index contributed by atoms with van der Waals surface area (Å²) in [5, 5.41) is 2.71. The van der Waals surface area contributed by atoms with Crippen LogP contribution in [0.4, 0.5) is 4.79 Å². The van der Waals surface area contributed by atoms with E-state index in [1.165, 1.54) is 24.3 Å². The summed E-state index contributed by atoms with van der Waals surface area (Å²) in [4.78, 5) is 24.4. The lowest BCUT2D eigenvalue weighted by Gasteiger charge is -2.18. The predicted octanol–water partition coefficient (Wildman–Crippen LogP) is 4.25. The molecule has 3 rings (SSSR count). The molecule has 35 heavy (non-hydrogen) atoms. The number of alkyl carbamates (subject to hydrolysis) is 1. The maximum atomic E-state index is 12.4. The number of amides is 1. The summed E-state index contributed by atoms with van der Waals surface area (Å²) in [6, 6.07) is 22.9. The fourth-order valence-corrected chi connectivity index (χ4v) is 4.21. The second-order valence-corrected chi connectivity index (χ2v) is 9.16. The molecule has 0 aliphatic heterocycles. The molecule has 0 spiro atoms. The largest absolute Gasteiger partial charge is 0.466 e. The van der Waals surface area contributed by atoms with Crippen LogP contribution in [0, 0.1) is 0 Å². The Bertz CT molecular complexity index is 1200. The van der Waals surface area contributed by atoms with Crippen molar-refractivity contribution in [2.75, 3.05) is 6.61 Å². The molecule has 0 saturated heterocycles. The monoisotopic (exact) mass is 497 g/mol. The molecule has 1 N–H and O–H groups in total. The van der Waals surface area contributed by atoms with E-state index in [-0.39, 0.29) is 30.3 Å². The van der Waals surface area contributed by atoms with E-state index in [1.54, 1.807) is 37.3 Å². The third-order valence-electron chi connectivity index (χ3n) is 4.90. The highest BCUT2D eigenvalue weighted by Crippen LogP contribution is 2.20. The van der Waals surface area contributed by atoms with Crippen molar-refractivity contribution in [1.29, 1.82) is 0 Å². The second kappa shape index (κ2) is 12.6. The normalized spacial score (nSPS) is 11.8. The van der Waals surface area contributed by atoms with E-state index in [0.29, 0.717) is 6.42 Å². The molecule has 0 aliphatic rings. The zero-order valence-corrected chi connectivity index (χ0v) is 20.1. The van der Waals surface area contributed by atoms with Crippen molar-refractivity contribution in [1.82, 2.24) is 5.32 Å². The van der Waals surface area contributed by atoms with Gasteiger partial charge in [0.1, 0.15) is 17.3 Å². The number of hydrogen-bond acceptors (Lipinski definition) is 7. The molecule has 3 aromatic rings. The van der Waals surface area contributed by atoms with E-state index in [2.05, 4.69) is 5.32 Å². The Morgan fingerprint density at radius 1 is 0.829 bits per heavy atom. The van der Waals surface area contributed by atoms with Gasteiger partial charge in [0.2, 0.25) is 0 Å². The van der Waals surface area contributed by atoms with E-state index < -0.39 is 28.2 Å². The highest BCUT2D eigenvalue weighted by molar-refractivity contribution is 7.87. The van der Waals surface area contributed by atoms with Gasteiger partial charge in [0.15, 0.2) is 0 Å². The Balaban J connectivity index is 1.62. The van der Waals surface area contributed by atoms with Gasteiger partial charge in [-0.25, -0.2) is 4.79 Å². The van der Waals surface area contributed by atoms with E-state index in [4.69, 9.17) is 13.7 Å². The zero-order valence-electron chi connectivity index (χ0n) is 19.3. The number of nitrogens with one attached hydrogen (secondary N) is 1. The Labute approximate surface area is 205 Å². The summed E-state index contributed by atoms with van der Waals surface area (Å²) in [6.07, 6.45) is -0.406. The maximum absolute atomic E-state index is 12.4. The lowest BCUT2D eigenvalue weighted by Crippen LogP contribution is -2.38. The van der Waals surface area contributed by atoms with Gasteiger partial charge in [0.05, 0.1) is 13.0 Å². The van der Waals surface area contributed by atoms with Crippen LogP contribution in [-0.2, 0) is 37.4 Å². The van der Waals surface area contributed by atoms with Crippen LogP contribution < -0.4 is 9.50 Å². The van der Waals surface area contributed by atoms with Gasteiger partial charge in [-0.3, -0.25) is 4.79 Å². The van der Waals surface area contributed by atoms with Crippen LogP contribution in [0.25, 0.3) is 0 Å². The van der Waals surface area contributed by atoms with Crippen LogP contribution in [-0.4, -0.2) is 33.1 Å². The molecular weight excluding hydrogens is 470 g/mol. The smallest absolute Gasteiger partial charge is 0.407 e. The van der Waals surface area contributed by atoms with Crippen molar-refractivity contribution >= 4 is 22.2 Å². The standard InChI is InChI=1S/C26H27NO7S/c1-2-32-25(28)18-22(27-26(29)33-19-21-9-5-3-6-10-21)17-20-13-15-23(16-14-20)34-35(30,31)24-11-7-4-8-12-24/h3-16,22H,2,17-19H2,1H3,(H,27,29). The first-order valence-corrected chi connectivity index (χ1v) is 12.5. The summed E-state index contributed by atoms with van der Waals surface area (Å²) >= 11 is 0. The first kappa shape index (κ1) is 25.8. The average Bonchev–Trinajstić information content (AvgIpc) is 2.85. The molecule has 9 heteroatoms.